The third-order valence-electron chi connectivity index (χ3n) is 5.28. The highest BCUT2D eigenvalue weighted by molar-refractivity contribution is 6.46. The number of benzene rings is 2. The number of methoxy groups -OCH3 is 1. The van der Waals surface area contributed by atoms with Gasteiger partial charge >= 0.3 is 0 Å². The van der Waals surface area contributed by atoms with Crippen LogP contribution in [0.1, 0.15) is 22.7 Å². The lowest BCUT2D eigenvalue weighted by Crippen LogP contribution is -2.32. The monoisotopic (exact) mass is 409 g/mol. The molecule has 7 heteroatoms. The number of rotatable bonds is 5. The maximum absolute atomic E-state index is 12.9. The summed E-state index contributed by atoms with van der Waals surface area (Å²) in [6.07, 6.45) is 0. The van der Waals surface area contributed by atoms with Gasteiger partial charge in [0.25, 0.3) is 11.7 Å². The molecule has 0 radical (unpaired) electrons. The Balaban J connectivity index is 1.82. The van der Waals surface area contributed by atoms with E-state index >= 15 is 0 Å². The van der Waals surface area contributed by atoms with Crippen molar-refractivity contribution in [3.8, 4) is 11.5 Å². The molecule has 1 amide bonds. The average molecular weight is 409 g/mol. The van der Waals surface area contributed by atoms with Gasteiger partial charge in [-0.15, -0.1) is 0 Å². The quantitative estimate of drug-likeness (QED) is 0.464. The molecule has 0 bridgehead atoms. The number of Topliss-reactive ketones (excluding diaryl/α,β-unsaturated/α-hetero) is 1. The van der Waals surface area contributed by atoms with E-state index in [9.17, 15) is 14.7 Å². The number of nitrogens with zero attached hydrogens (tertiary/aromatic N) is 1. The fraction of sp³-hybridized carbons (Fsp3) is 0.304. The van der Waals surface area contributed by atoms with Crippen LogP contribution in [-0.4, -0.2) is 55.2 Å². The molecule has 7 nitrogen and oxygen atoms in total. The number of amides is 1. The van der Waals surface area contributed by atoms with Crippen LogP contribution in [0.3, 0.4) is 0 Å². The number of carbonyl (C=O) groups is 2. The van der Waals surface area contributed by atoms with Crippen molar-refractivity contribution in [2.45, 2.75) is 13.0 Å². The number of aryl methyl sites for hydroxylation is 1. The molecule has 156 valence electrons. The standard InChI is InChI=1S/C23H23NO6/c1-14-3-5-15(6-4-14)20-19(22(26)23(27)24(20)9-10-28-2)21(25)16-7-8-17-18(13-16)30-12-11-29-17/h3-8,13,20,25H,9-12H2,1-2H3. The molecule has 2 aliphatic heterocycles. The molecule has 1 saturated heterocycles. The van der Waals surface area contributed by atoms with Gasteiger partial charge < -0.3 is 24.2 Å². The Hall–Kier alpha value is -3.32. The van der Waals surface area contributed by atoms with E-state index in [0.717, 1.165) is 11.1 Å². The summed E-state index contributed by atoms with van der Waals surface area (Å²) in [5.74, 6) is -0.546. The molecule has 0 saturated carbocycles. The van der Waals surface area contributed by atoms with Crippen molar-refractivity contribution in [1.29, 1.82) is 0 Å². The van der Waals surface area contributed by atoms with Crippen molar-refractivity contribution in [3.63, 3.8) is 0 Å². The number of fused-ring (bicyclic) bond motifs is 1. The number of aliphatic hydroxyl groups is 1. The maximum Gasteiger partial charge on any atom is 0.295 e. The van der Waals surface area contributed by atoms with Crippen LogP contribution >= 0.6 is 0 Å². The third kappa shape index (κ3) is 3.52. The number of ketones is 1. The van der Waals surface area contributed by atoms with Gasteiger partial charge in [-0.25, -0.2) is 0 Å². The SMILES string of the molecule is COCCN1C(=O)C(=O)C(=C(O)c2ccc3c(c2)OCCO3)C1c1ccc(C)cc1. The zero-order valence-electron chi connectivity index (χ0n) is 16.9. The summed E-state index contributed by atoms with van der Waals surface area (Å²) in [5, 5.41) is 11.1. The summed E-state index contributed by atoms with van der Waals surface area (Å²) in [7, 11) is 1.53. The van der Waals surface area contributed by atoms with Gasteiger partial charge in [-0.3, -0.25) is 9.59 Å². The van der Waals surface area contributed by atoms with Crippen LogP contribution in [0.15, 0.2) is 48.0 Å². The largest absolute Gasteiger partial charge is 0.507 e. The fourth-order valence-electron chi connectivity index (χ4n) is 3.74. The molecule has 2 aliphatic rings. The van der Waals surface area contributed by atoms with Gasteiger partial charge in [0.1, 0.15) is 19.0 Å². The first-order valence-electron chi connectivity index (χ1n) is 9.75. The highest BCUT2D eigenvalue weighted by Gasteiger charge is 2.45. The van der Waals surface area contributed by atoms with Crippen LogP contribution in [-0.2, 0) is 14.3 Å². The summed E-state index contributed by atoms with van der Waals surface area (Å²) in [5.41, 5.74) is 2.24. The van der Waals surface area contributed by atoms with Crippen molar-refractivity contribution in [3.05, 3.63) is 64.7 Å². The van der Waals surface area contributed by atoms with Crippen molar-refractivity contribution < 1.29 is 28.9 Å². The predicted molar refractivity (Wildman–Crippen MR) is 109 cm³/mol. The Labute approximate surface area is 174 Å². The van der Waals surface area contributed by atoms with Gasteiger partial charge in [0, 0.05) is 19.2 Å². The average Bonchev–Trinajstić information content (AvgIpc) is 3.02. The molecule has 4 rings (SSSR count). The molecule has 1 fully saturated rings. The van der Waals surface area contributed by atoms with E-state index in [1.807, 2.05) is 31.2 Å². The number of ether oxygens (including phenoxy) is 3. The van der Waals surface area contributed by atoms with Crippen LogP contribution in [0.4, 0.5) is 0 Å². The van der Waals surface area contributed by atoms with Crippen molar-refractivity contribution >= 4 is 17.4 Å². The minimum absolute atomic E-state index is 0.0524. The summed E-state index contributed by atoms with van der Waals surface area (Å²) in [4.78, 5) is 27.1. The number of carbonyl (C=O) groups excluding carboxylic acids is 2. The topological polar surface area (TPSA) is 85.3 Å². The van der Waals surface area contributed by atoms with E-state index in [0.29, 0.717) is 30.3 Å². The first-order valence-corrected chi connectivity index (χ1v) is 9.75. The Kier molecular flexibility index (Phi) is 5.46. The zero-order chi connectivity index (χ0) is 21.3. The van der Waals surface area contributed by atoms with Gasteiger partial charge in [-0.1, -0.05) is 29.8 Å². The molecule has 0 aromatic heterocycles. The molecule has 2 aromatic rings. The summed E-state index contributed by atoms with van der Waals surface area (Å²) in [6.45, 7) is 3.33. The van der Waals surface area contributed by atoms with Crippen LogP contribution in [0.25, 0.3) is 5.76 Å². The van der Waals surface area contributed by atoms with Gasteiger partial charge in [-0.05, 0) is 30.7 Å². The summed E-state index contributed by atoms with van der Waals surface area (Å²) >= 11 is 0. The molecular weight excluding hydrogens is 386 g/mol. The Morgan fingerprint density at radius 1 is 1.10 bits per heavy atom. The summed E-state index contributed by atoms with van der Waals surface area (Å²) < 4.78 is 16.2. The minimum Gasteiger partial charge on any atom is -0.507 e. The molecule has 1 N–H and O–H groups in total. The number of hydrogen-bond donors (Lipinski definition) is 1. The van der Waals surface area contributed by atoms with Crippen molar-refractivity contribution in [2.24, 2.45) is 0 Å². The number of aliphatic hydroxyl groups excluding tert-OH is 1. The van der Waals surface area contributed by atoms with E-state index in [1.165, 1.54) is 12.0 Å². The van der Waals surface area contributed by atoms with E-state index in [2.05, 4.69) is 0 Å². The van der Waals surface area contributed by atoms with Crippen LogP contribution in [0.2, 0.25) is 0 Å². The normalized spacial score (nSPS) is 19.9. The van der Waals surface area contributed by atoms with Gasteiger partial charge in [-0.2, -0.15) is 0 Å². The van der Waals surface area contributed by atoms with Crippen molar-refractivity contribution in [1.82, 2.24) is 4.90 Å². The predicted octanol–water partition coefficient (Wildman–Crippen LogP) is 2.83. The maximum atomic E-state index is 12.9. The minimum atomic E-state index is -0.718. The molecule has 2 heterocycles. The first-order chi connectivity index (χ1) is 14.5. The van der Waals surface area contributed by atoms with E-state index < -0.39 is 17.7 Å². The van der Waals surface area contributed by atoms with Crippen molar-refractivity contribution in [2.75, 3.05) is 33.5 Å². The Morgan fingerprint density at radius 2 is 1.80 bits per heavy atom. The molecule has 1 unspecified atom stereocenters. The van der Waals surface area contributed by atoms with E-state index in [4.69, 9.17) is 14.2 Å². The Bertz CT molecular complexity index is 1010. The van der Waals surface area contributed by atoms with Gasteiger partial charge in [0.05, 0.1) is 18.2 Å². The lowest BCUT2D eigenvalue weighted by molar-refractivity contribution is -0.140. The highest BCUT2D eigenvalue weighted by atomic mass is 16.6. The van der Waals surface area contributed by atoms with Crippen LogP contribution in [0.5, 0.6) is 11.5 Å². The zero-order valence-corrected chi connectivity index (χ0v) is 16.9. The molecular formula is C23H23NO6. The lowest BCUT2D eigenvalue weighted by atomic mass is 9.94. The van der Waals surface area contributed by atoms with Gasteiger partial charge in [0.2, 0.25) is 0 Å². The lowest BCUT2D eigenvalue weighted by Gasteiger charge is -2.25. The summed E-state index contributed by atoms with van der Waals surface area (Å²) in [6, 6.07) is 11.8. The second kappa shape index (κ2) is 8.20. The van der Waals surface area contributed by atoms with Crippen LogP contribution in [0, 0.1) is 6.92 Å². The van der Waals surface area contributed by atoms with Crippen LogP contribution < -0.4 is 9.47 Å². The smallest absolute Gasteiger partial charge is 0.295 e. The highest BCUT2D eigenvalue weighted by Crippen LogP contribution is 2.41. The van der Waals surface area contributed by atoms with E-state index in [-0.39, 0.29) is 24.5 Å². The third-order valence-corrected chi connectivity index (χ3v) is 5.28. The molecule has 0 spiro atoms. The van der Waals surface area contributed by atoms with E-state index in [1.54, 1.807) is 18.2 Å². The first kappa shape index (κ1) is 20.0. The number of likely N-dealkylation sites (tertiary alicyclic amines) is 1. The Morgan fingerprint density at radius 3 is 2.50 bits per heavy atom. The molecule has 2 aromatic carbocycles. The molecule has 30 heavy (non-hydrogen) atoms. The fourth-order valence-corrected chi connectivity index (χ4v) is 3.74. The number of hydrogen-bond acceptors (Lipinski definition) is 6. The second-order valence-electron chi connectivity index (χ2n) is 7.25. The molecule has 1 atom stereocenters. The second-order valence-corrected chi connectivity index (χ2v) is 7.25. The molecule has 0 aliphatic carbocycles. The van der Waals surface area contributed by atoms with Gasteiger partial charge in [0.15, 0.2) is 11.5 Å².